The van der Waals surface area contributed by atoms with E-state index in [4.69, 9.17) is 0 Å². The van der Waals surface area contributed by atoms with E-state index in [1.54, 1.807) is 19.1 Å². The van der Waals surface area contributed by atoms with Gasteiger partial charge >= 0.3 is 0 Å². The first-order valence-electron chi connectivity index (χ1n) is 6.61. The number of nitrogens with one attached hydrogen (secondary N) is 2. The Kier molecular flexibility index (Phi) is 3.06. The highest BCUT2D eigenvalue weighted by Gasteiger charge is 2.12. The molecule has 0 radical (unpaired) electrons. The summed E-state index contributed by atoms with van der Waals surface area (Å²) in [4.78, 5) is 12.1. The topological polar surface area (TPSA) is 61.4 Å². The molecule has 20 heavy (non-hydrogen) atoms. The van der Waals surface area contributed by atoms with Crippen LogP contribution >= 0.6 is 0 Å². The number of aromatic hydroxyl groups is 1. The Morgan fingerprint density at radius 2 is 2.10 bits per heavy atom. The molecule has 0 aliphatic carbocycles. The Hall–Kier alpha value is -2.49. The quantitative estimate of drug-likeness (QED) is 0.784. The molecule has 1 amide bonds. The predicted octanol–water partition coefficient (Wildman–Crippen LogP) is 2.92. The van der Waals surface area contributed by atoms with E-state index in [2.05, 4.69) is 10.6 Å². The average molecular weight is 268 g/mol. The van der Waals surface area contributed by atoms with Gasteiger partial charge in [0.2, 0.25) is 0 Å². The second-order valence-corrected chi connectivity index (χ2v) is 5.00. The van der Waals surface area contributed by atoms with Crippen molar-refractivity contribution < 1.29 is 9.90 Å². The van der Waals surface area contributed by atoms with Crippen LogP contribution in [0.25, 0.3) is 0 Å². The van der Waals surface area contributed by atoms with Crippen LogP contribution in [0.2, 0.25) is 0 Å². The normalized spacial score (nSPS) is 12.7. The number of carbonyl (C=O) groups excluding carboxylic acids is 1. The second kappa shape index (κ2) is 4.89. The minimum atomic E-state index is -0.216. The zero-order chi connectivity index (χ0) is 14.1. The van der Waals surface area contributed by atoms with Crippen LogP contribution in [0.3, 0.4) is 0 Å². The molecule has 0 saturated carbocycles. The van der Waals surface area contributed by atoms with E-state index in [1.807, 2.05) is 18.2 Å². The Labute approximate surface area is 117 Å². The first kappa shape index (κ1) is 12.5. The summed E-state index contributed by atoms with van der Waals surface area (Å²) in [6, 6.07) is 10.8. The summed E-state index contributed by atoms with van der Waals surface area (Å²) in [7, 11) is 0. The van der Waals surface area contributed by atoms with E-state index in [-0.39, 0.29) is 11.7 Å². The van der Waals surface area contributed by atoms with Gasteiger partial charge in [0.1, 0.15) is 5.75 Å². The van der Waals surface area contributed by atoms with Crippen molar-refractivity contribution in [1.29, 1.82) is 0 Å². The monoisotopic (exact) mass is 268 g/mol. The average Bonchev–Trinajstić information content (AvgIpc) is 2.89. The van der Waals surface area contributed by atoms with E-state index in [0.717, 1.165) is 29.9 Å². The van der Waals surface area contributed by atoms with Crippen LogP contribution in [0, 0.1) is 6.92 Å². The summed E-state index contributed by atoms with van der Waals surface area (Å²) in [6.45, 7) is 2.74. The van der Waals surface area contributed by atoms with Gasteiger partial charge in [0.15, 0.2) is 0 Å². The van der Waals surface area contributed by atoms with Crippen molar-refractivity contribution in [3.63, 3.8) is 0 Å². The molecule has 0 fully saturated rings. The molecule has 0 aromatic heterocycles. The molecule has 4 nitrogen and oxygen atoms in total. The minimum absolute atomic E-state index is 0.135. The van der Waals surface area contributed by atoms with Gasteiger partial charge in [-0.2, -0.15) is 0 Å². The Morgan fingerprint density at radius 1 is 1.25 bits per heavy atom. The Morgan fingerprint density at radius 3 is 2.90 bits per heavy atom. The molecule has 102 valence electrons. The Balaban J connectivity index is 1.80. The fraction of sp³-hybridized carbons (Fsp3) is 0.188. The van der Waals surface area contributed by atoms with Crippen LogP contribution in [0.4, 0.5) is 11.4 Å². The third-order valence-electron chi connectivity index (χ3n) is 3.54. The van der Waals surface area contributed by atoms with Crippen molar-refractivity contribution >= 4 is 17.3 Å². The summed E-state index contributed by atoms with van der Waals surface area (Å²) in [5, 5.41) is 15.8. The van der Waals surface area contributed by atoms with E-state index < -0.39 is 0 Å². The fourth-order valence-corrected chi connectivity index (χ4v) is 2.34. The molecular weight excluding hydrogens is 252 g/mol. The van der Waals surface area contributed by atoms with Crippen LogP contribution in [0.5, 0.6) is 5.75 Å². The molecule has 4 heteroatoms. The summed E-state index contributed by atoms with van der Waals surface area (Å²) in [6.07, 6.45) is 0.977. The van der Waals surface area contributed by atoms with Crippen LogP contribution in [-0.2, 0) is 6.42 Å². The standard InChI is InChI=1S/C16H16N2O2/c1-10-2-3-12(9-15(10)19)16(20)18-13-4-5-14-11(8-13)6-7-17-14/h2-5,8-9,17,19H,6-7H2,1H3,(H,18,20). The third kappa shape index (κ3) is 2.32. The number of benzene rings is 2. The molecule has 2 aromatic rings. The minimum Gasteiger partial charge on any atom is -0.508 e. The lowest BCUT2D eigenvalue weighted by Crippen LogP contribution is -2.11. The molecule has 1 heterocycles. The van der Waals surface area contributed by atoms with Crippen LogP contribution in [0.1, 0.15) is 21.5 Å². The number of phenols is 1. The van der Waals surface area contributed by atoms with Gasteiger partial charge in [-0.15, -0.1) is 0 Å². The maximum atomic E-state index is 12.1. The number of fused-ring (bicyclic) bond motifs is 1. The zero-order valence-corrected chi connectivity index (χ0v) is 11.2. The smallest absolute Gasteiger partial charge is 0.255 e. The first-order valence-corrected chi connectivity index (χ1v) is 6.61. The molecule has 2 aromatic carbocycles. The number of hydrogen-bond acceptors (Lipinski definition) is 3. The van der Waals surface area contributed by atoms with Gasteiger partial charge in [-0.25, -0.2) is 0 Å². The zero-order valence-electron chi connectivity index (χ0n) is 11.2. The van der Waals surface area contributed by atoms with Crippen molar-refractivity contribution in [2.24, 2.45) is 0 Å². The van der Waals surface area contributed by atoms with Gasteiger partial charge in [0.25, 0.3) is 5.91 Å². The predicted molar refractivity (Wildman–Crippen MR) is 79.4 cm³/mol. The van der Waals surface area contributed by atoms with Gasteiger partial charge in [-0.3, -0.25) is 4.79 Å². The summed E-state index contributed by atoms with van der Waals surface area (Å²) in [5.74, 6) is -0.0815. The third-order valence-corrected chi connectivity index (χ3v) is 3.54. The highest BCUT2D eigenvalue weighted by molar-refractivity contribution is 6.04. The number of amides is 1. The maximum Gasteiger partial charge on any atom is 0.255 e. The molecular formula is C16H16N2O2. The fourth-order valence-electron chi connectivity index (χ4n) is 2.34. The van der Waals surface area contributed by atoms with Crippen molar-refractivity contribution in [3.8, 4) is 5.75 Å². The first-order chi connectivity index (χ1) is 9.63. The molecule has 0 atom stereocenters. The van der Waals surface area contributed by atoms with E-state index in [0.29, 0.717) is 5.56 Å². The van der Waals surface area contributed by atoms with E-state index in [9.17, 15) is 9.90 Å². The van der Waals surface area contributed by atoms with E-state index >= 15 is 0 Å². The van der Waals surface area contributed by atoms with Crippen molar-refractivity contribution in [2.45, 2.75) is 13.3 Å². The largest absolute Gasteiger partial charge is 0.508 e. The van der Waals surface area contributed by atoms with Crippen LogP contribution in [0.15, 0.2) is 36.4 Å². The molecule has 1 aliphatic rings. The summed E-state index contributed by atoms with van der Waals surface area (Å²) < 4.78 is 0. The van der Waals surface area contributed by atoms with Crippen molar-refractivity contribution in [3.05, 3.63) is 53.1 Å². The molecule has 0 spiro atoms. The molecule has 1 aliphatic heterocycles. The van der Waals surface area contributed by atoms with Gasteiger partial charge in [-0.1, -0.05) is 6.07 Å². The van der Waals surface area contributed by atoms with Crippen molar-refractivity contribution in [1.82, 2.24) is 0 Å². The number of aryl methyl sites for hydroxylation is 1. The Bertz CT molecular complexity index is 680. The van der Waals surface area contributed by atoms with Gasteiger partial charge in [-0.05, 0) is 54.8 Å². The lowest BCUT2D eigenvalue weighted by molar-refractivity contribution is 0.102. The number of phenolic OH excluding ortho intramolecular Hbond substituents is 1. The molecule has 3 rings (SSSR count). The van der Waals surface area contributed by atoms with Crippen molar-refractivity contribution in [2.75, 3.05) is 17.2 Å². The highest BCUT2D eigenvalue weighted by atomic mass is 16.3. The molecule has 0 saturated heterocycles. The number of anilines is 2. The van der Waals surface area contributed by atoms with Crippen LogP contribution in [-0.4, -0.2) is 17.6 Å². The summed E-state index contributed by atoms with van der Waals surface area (Å²) >= 11 is 0. The lowest BCUT2D eigenvalue weighted by Gasteiger charge is -2.08. The SMILES string of the molecule is Cc1ccc(C(=O)Nc2ccc3c(c2)CCN3)cc1O. The van der Waals surface area contributed by atoms with Gasteiger partial charge < -0.3 is 15.7 Å². The highest BCUT2D eigenvalue weighted by Crippen LogP contribution is 2.26. The molecule has 0 bridgehead atoms. The number of rotatable bonds is 2. The number of carbonyl (C=O) groups is 1. The maximum absolute atomic E-state index is 12.1. The van der Waals surface area contributed by atoms with E-state index in [1.165, 1.54) is 11.6 Å². The van der Waals surface area contributed by atoms with Gasteiger partial charge in [0, 0.05) is 23.5 Å². The van der Waals surface area contributed by atoms with Gasteiger partial charge in [0.05, 0.1) is 0 Å². The molecule has 3 N–H and O–H groups in total. The second-order valence-electron chi connectivity index (χ2n) is 5.00. The lowest BCUT2D eigenvalue weighted by atomic mass is 10.1. The number of hydrogen-bond donors (Lipinski definition) is 3. The molecule has 0 unspecified atom stereocenters. The van der Waals surface area contributed by atoms with Crippen LogP contribution < -0.4 is 10.6 Å². The summed E-state index contributed by atoms with van der Waals surface area (Å²) in [5.41, 5.74) is 4.33.